The van der Waals surface area contributed by atoms with E-state index in [2.05, 4.69) is 25.2 Å². The maximum atomic E-state index is 12.9. The molecule has 158 valence electrons. The summed E-state index contributed by atoms with van der Waals surface area (Å²) in [5, 5.41) is 4.11. The number of para-hydroxylation sites is 1. The Bertz CT molecular complexity index is 1210. The first-order chi connectivity index (χ1) is 15.1. The first-order valence-electron chi connectivity index (χ1n) is 10.2. The Kier molecular flexibility index (Phi) is 5.06. The smallest absolute Gasteiger partial charge is 0.257 e. The van der Waals surface area contributed by atoms with Crippen molar-refractivity contribution in [2.75, 3.05) is 36.4 Å². The zero-order chi connectivity index (χ0) is 21.4. The Morgan fingerprint density at radius 2 is 1.84 bits per heavy atom. The molecule has 0 spiro atoms. The maximum Gasteiger partial charge on any atom is 0.257 e. The van der Waals surface area contributed by atoms with Crippen molar-refractivity contribution >= 4 is 46.7 Å². The Morgan fingerprint density at radius 3 is 2.61 bits per heavy atom. The molecule has 9 nitrogen and oxygen atoms in total. The quantitative estimate of drug-likeness (QED) is 0.623. The second-order valence-corrected chi connectivity index (χ2v) is 7.95. The van der Waals surface area contributed by atoms with E-state index in [1.807, 2.05) is 29.2 Å². The van der Waals surface area contributed by atoms with Gasteiger partial charge in [0.25, 0.3) is 5.91 Å². The van der Waals surface area contributed by atoms with Crippen LogP contribution in [-0.2, 0) is 4.79 Å². The third kappa shape index (κ3) is 3.63. The summed E-state index contributed by atoms with van der Waals surface area (Å²) in [6.07, 6.45) is 4.13. The molecule has 10 heteroatoms. The second kappa shape index (κ2) is 8.03. The Balaban J connectivity index is 1.21. The van der Waals surface area contributed by atoms with Crippen LogP contribution in [0.3, 0.4) is 0 Å². The number of anilines is 2. The van der Waals surface area contributed by atoms with Gasteiger partial charge in [0.15, 0.2) is 0 Å². The standard InChI is InChI=1S/C21H21N7O2S/c29-17(26-10-12-27(13-11-26)20-22-8-3-9-23-20)7-6-16-19(30)28-18(24-16)14-4-1-2-5-15(14)25-21(28)31/h1-5,8-9,16,24H,6-7,10-13H2/t16-/m1/s1. The minimum Gasteiger partial charge on any atom is -0.359 e. The average Bonchev–Trinajstić information content (AvgIpc) is 3.15. The highest BCUT2D eigenvalue weighted by molar-refractivity contribution is 7.71. The highest BCUT2D eigenvalue weighted by Gasteiger charge is 2.33. The molecular formula is C21H21N7O2S. The van der Waals surface area contributed by atoms with Crippen molar-refractivity contribution < 1.29 is 9.59 Å². The lowest BCUT2D eigenvalue weighted by Gasteiger charge is -2.34. The monoisotopic (exact) mass is 435 g/mol. The lowest BCUT2D eigenvalue weighted by molar-refractivity contribution is -0.131. The molecule has 2 aliphatic rings. The van der Waals surface area contributed by atoms with Crippen LogP contribution in [0.15, 0.2) is 42.7 Å². The SMILES string of the molecule is O=C(CC[C@H]1Nc2c3ccccc3nc(=S)n2C1=O)N1CCN(c2ncccn2)CC1. The molecule has 1 aromatic carbocycles. The number of nitrogens with zero attached hydrogens (tertiary/aromatic N) is 6. The maximum absolute atomic E-state index is 12.9. The minimum absolute atomic E-state index is 0.0470. The molecule has 0 unspecified atom stereocenters. The minimum atomic E-state index is -0.489. The zero-order valence-corrected chi connectivity index (χ0v) is 17.6. The summed E-state index contributed by atoms with van der Waals surface area (Å²) in [6, 6.07) is 8.86. The van der Waals surface area contributed by atoms with Gasteiger partial charge in [0.2, 0.25) is 16.6 Å². The van der Waals surface area contributed by atoms with Crippen LogP contribution >= 0.6 is 12.2 Å². The second-order valence-electron chi connectivity index (χ2n) is 7.59. The van der Waals surface area contributed by atoms with Crippen LogP contribution in [0.5, 0.6) is 0 Å². The van der Waals surface area contributed by atoms with Crippen molar-refractivity contribution in [3.05, 3.63) is 47.5 Å². The normalized spacial score (nSPS) is 18.2. The molecule has 1 fully saturated rings. The number of benzene rings is 1. The summed E-state index contributed by atoms with van der Waals surface area (Å²) in [7, 11) is 0. The number of amides is 1. The predicted molar refractivity (Wildman–Crippen MR) is 119 cm³/mol. The van der Waals surface area contributed by atoms with Gasteiger partial charge in [-0.15, -0.1) is 0 Å². The molecule has 1 N–H and O–H groups in total. The number of nitrogens with one attached hydrogen (secondary N) is 1. The molecule has 0 bridgehead atoms. The van der Waals surface area contributed by atoms with Crippen LogP contribution in [0.2, 0.25) is 0 Å². The molecule has 1 amide bonds. The van der Waals surface area contributed by atoms with E-state index in [4.69, 9.17) is 12.2 Å². The van der Waals surface area contributed by atoms with E-state index >= 15 is 0 Å². The Hall–Kier alpha value is -3.40. The van der Waals surface area contributed by atoms with Crippen molar-refractivity contribution in [1.29, 1.82) is 0 Å². The van der Waals surface area contributed by atoms with Gasteiger partial charge in [0, 0.05) is 50.4 Å². The van der Waals surface area contributed by atoms with Gasteiger partial charge >= 0.3 is 0 Å². The summed E-state index contributed by atoms with van der Waals surface area (Å²) in [6.45, 7) is 2.61. The van der Waals surface area contributed by atoms with Gasteiger partial charge in [-0.1, -0.05) is 12.1 Å². The number of hydrogen-bond acceptors (Lipinski definition) is 8. The largest absolute Gasteiger partial charge is 0.359 e. The molecular weight excluding hydrogens is 414 g/mol. The fourth-order valence-corrected chi connectivity index (χ4v) is 4.38. The molecule has 0 radical (unpaired) electrons. The van der Waals surface area contributed by atoms with Crippen LogP contribution in [0.1, 0.15) is 17.6 Å². The molecule has 0 aliphatic carbocycles. The fraction of sp³-hybridized carbons (Fsp3) is 0.333. The van der Waals surface area contributed by atoms with Gasteiger partial charge in [-0.2, -0.15) is 0 Å². The molecule has 5 rings (SSSR count). The fourth-order valence-electron chi connectivity index (χ4n) is 4.10. The highest BCUT2D eigenvalue weighted by Crippen LogP contribution is 2.29. The molecule has 1 atom stereocenters. The molecule has 2 aliphatic heterocycles. The van der Waals surface area contributed by atoms with Gasteiger partial charge in [-0.05, 0) is 36.8 Å². The van der Waals surface area contributed by atoms with Gasteiger partial charge in [0.1, 0.15) is 11.9 Å². The van der Waals surface area contributed by atoms with Crippen LogP contribution in [0.4, 0.5) is 11.8 Å². The van der Waals surface area contributed by atoms with E-state index in [9.17, 15) is 9.59 Å². The van der Waals surface area contributed by atoms with Gasteiger partial charge in [-0.3, -0.25) is 9.59 Å². The zero-order valence-electron chi connectivity index (χ0n) is 16.8. The lowest BCUT2D eigenvalue weighted by atomic mass is 10.1. The summed E-state index contributed by atoms with van der Waals surface area (Å²) >= 11 is 5.33. The number of piperazine rings is 1. The van der Waals surface area contributed by atoms with Crippen molar-refractivity contribution in [2.45, 2.75) is 18.9 Å². The van der Waals surface area contributed by atoms with E-state index in [-0.39, 0.29) is 23.0 Å². The first kappa shape index (κ1) is 19.6. The molecule has 2 aromatic heterocycles. The van der Waals surface area contributed by atoms with Crippen LogP contribution in [-0.4, -0.2) is 68.5 Å². The number of rotatable bonds is 4. The van der Waals surface area contributed by atoms with E-state index in [0.717, 1.165) is 10.9 Å². The topological polar surface area (TPSA) is 96.2 Å². The van der Waals surface area contributed by atoms with Crippen molar-refractivity contribution in [1.82, 2.24) is 24.4 Å². The number of aromatic nitrogens is 4. The van der Waals surface area contributed by atoms with Crippen LogP contribution < -0.4 is 10.2 Å². The predicted octanol–water partition coefficient (Wildman–Crippen LogP) is 2.12. The summed E-state index contributed by atoms with van der Waals surface area (Å²) < 4.78 is 1.69. The number of fused-ring (bicyclic) bond motifs is 3. The molecule has 4 heterocycles. The van der Waals surface area contributed by atoms with Crippen molar-refractivity contribution in [3.63, 3.8) is 0 Å². The number of hydrogen-bond donors (Lipinski definition) is 1. The van der Waals surface area contributed by atoms with Crippen molar-refractivity contribution in [3.8, 4) is 0 Å². The van der Waals surface area contributed by atoms with E-state index in [1.165, 1.54) is 4.57 Å². The highest BCUT2D eigenvalue weighted by atomic mass is 32.1. The van der Waals surface area contributed by atoms with E-state index in [1.54, 1.807) is 18.5 Å². The third-order valence-electron chi connectivity index (χ3n) is 5.73. The first-order valence-corrected chi connectivity index (χ1v) is 10.6. The summed E-state index contributed by atoms with van der Waals surface area (Å²) in [4.78, 5) is 42.5. The third-order valence-corrected chi connectivity index (χ3v) is 6.01. The molecule has 31 heavy (non-hydrogen) atoms. The summed E-state index contributed by atoms with van der Waals surface area (Å²) in [5.74, 6) is 1.24. The van der Waals surface area contributed by atoms with Crippen molar-refractivity contribution in [2.24, 2.45) is 0 Å². The van der Waals surface area contributed by atoms with E-state index in [0.29, 0.717) is 44.4 Å². The van der Waals surface area contributed by atoms with E-state index < -0.39 is 6.04 Å². The van der Waals surface area contributed by atoms with Crippen LogP contribution in [0, 0.1) is 4.77 Å². The van der Waals surface area contributed by atoms with Crippen LogP contribution in [0.25, 0.3) is 10.9 Å². The van der Waals surface area contributed by atoms with Gasteiger partial charge in [-0.25, -0.2) is 19.5 Å². The Labute approximate surface area is 183 Å². The van der Waals surface area contributed by atoms with Gasteiger partial charge < -0.3 is 15.1 Å². The summed E-state index contributed by atoms with van der Waals surface area (Å²) in [5.41, 5.74) is 0.746. The molecule has 0 saturated carbocycles. The molecule has 3 aromatic rings. The molecule has 1 saturated heterocycles. The number of carbonyl (C=O) groups is 2. The number of carbonyl (C=O) groups excluding carboxylic acids is 2. The van der Waals surface area contributed by atoms with Gasteiger partial charge in [0.05, 0.1) is 5.52 Å². The average molecular weight is 436 g/mol. The lowest BCUT2D eigenvalue weighted by Crippen LogP contribution is -2.49. The Morgan fingerprint density at radius 1 is 1.10 bits per heavy atom.